The number of methoxy groups -OCH3 is 1. The van der Waals surface area contributed by atoms with Crippen molar-refractivity contribution < 1.29 is 18.7 Å². The Labute approximate surface area is 172 Å². The molecule has 1 aliphatic heterocycles. The number of rotatable bonds is 9. The third kappa shape index (κ3) is 7.51. The lowest BCUT2D eigenvalue weighted by Gasteiger charge is -2.36. The molecule has 1 aromatic rings. The van der Waals surface area contributed by atoms with Crippen LogP contribution in [-0.4, -0.2) is 88.3 Å². The molecular formula is C20H32FN5O3. The minimum absolute atomic E-state index is 0.00975. The molecule has 2 rings (SSSR count). The summed E-state index contributed by atoms with van der Waals surface area (Å²) in [4.78, 5) is 20.5. The lowest BCUT2D eigenvalue weighted by atomic mass is 10.2. The van der Waals surface area contributed by atoms with E-state index in [0.29, 0.717) is 32.8 Å². The van der Waals surface area contributed by atoms with E-state index >= 15 is 0 Å². The molecule has 1 heterocycles. The number of benzene rings is 1. The van der Waals surface area contributed by atoms with Crippen LogP contribution in [0.5, 0.6) is 5.75 Å². The average Bonchev–Trinajstić information content (AvgIpc) is 2.72. The van der Waals surface area contributed by atoms with Crippen molar-refractivity contribution in [1.82, 2.24) is 20.4 Å². The number of guanidine groups is 1. The number of ether oxygens (including phenoxy) is 2. The van der Waals surface area contributed by atoms with Crippen LogP contribution in [0.2, 0.25) is 0 Å². The summed E-state index contributed by atoms with van der Waals surface area (Å²) in [7, 11) is 3.34. The van der Waals surface area contributed by atoms with Crippen molar-refractivity contribution in [2.45, 2.75) is 13.5 Å². The Bertz CT molecular complexity index is 678. The molecular weight excluding hydrogens is 377 g/mol. The Hall–Kier alpha value is -2.39. The van der Waals surface area contributed by atoms with E-state index in [9.17, 15) is 9.18 Å². The number of aliphatic imine (C=N–C) groups is 1. The van der Waals surface area contributed by atoms with E-state index in [1.807, 2.05) is 13.0 Å². The predicted molar refractivity (Wildman–Crippen MR) is 111 cm³/mol. The predicted octanol–water partition coefficient (Wildman–Crippen LogP) is 0.680. The molecule has 0 atom stereocenters. The SMILES string of the molecule is CCOc1ccc(CNC(=NC)N2CCN(CC(=O)NCCOC)CC2)cc1F. The molecule has 0 saturated carbocycles. The highest BCUT2D eigenvalue weighted by atomic mass is 19.1. The Kier molecular flexibility index (Phi) is 9.66. The fourth-order valence-corrected chi connectivity index (χ4v) is 3.11. The molecule has 0 radical (unpaired) electrons. The zero-order valence-electron chi connectivity index (χ0n) is 17.5. The van der Waals surface area contributed by atoms with Crippen LogP contribution in [0.1, 0.15) is 12.5 Å². The molecule has 0 aliphatic carbocycles. The van der Waals surface area contributed by atoms with E-state index < -0.39 is 0 Å². The molecule has 0 bridgehead atoms. The van der Waals surface area contributed by atoms with Gasteiger partial charge in [0.1, 0.15) is 0 Å². The van der Waals surface area contributed by atoms with Crippen molar-refractivity contribution in [2.24, 2.45) is 4.99 Å². The van der Waals surface area contributed by atoms with Crippen molar-refractivity contribution in [3.63, 3.8) is 0 Å². The van der Waals surface area contributed by atoms with Crippen molar-refractivity contribution in [3.05, 3.63) is 29.6 Å². The van der Waals surface area contributed by atoms with Gasteiger partial charge in [-0.15, -0.1) is 0 Å². The first-order valence-corrected chi connectivity index (χ1v) is 9.92. The monoisotopic (exact) mass is 409 g/mol. The Balaban J connectivity index is 1.77. The van der Waals surface area contributed by atoms with Crippen LogP contribution in [0.25, 0.3) is 0 Å². The second-order valence-corrected chi connectivity index (χ2v) is 6.70. The molecule has 29 heavy (non-hydrogen) atoms. The van der Waals surface area contributed by atoms with Gasteiger partial charge in [-0.1, -0.05) is 6.07 Å². The number of nitrogens with zero attached hydrogens (tertiary/aromatic N) is 3. The van der Waals surface area contributed by atoms with Gasteiger partial charge in [0, 0.05) is 53.4 Å². The van der Waals surface area contributed by atoms with Crippen LogP contribution in [0.3, 0.4) is 0 Å². The Morgan fingerprint density at radius 1 is 1.24 bits per heavy atom. The van der Waals surface area contributed by atoms with Gasteiger partial charge >= 0.3 is 0 Å². The maximum atomic E-state index is 14.0. The number of carbonyl (C=O) groups excluding carboxylic acids is 1. The number of carbonyl (C=O) groups is 1. The van der Waals surface area contributed by atoms with Gasteiger partial charge in [-0.05, 0) is 24.6 Å². The van der Waals surface area contributed by atoms with Crippen LogP contribution >= 0.6 is 0 Å². The van der Waals surface area contributed by atoms with Crippen molar-refractivity contribution in [1.29, 1.82) is 0 Å². The number of nitrogens with one attached hydrogen (secondary N) is 2. The summed E-state index contributed by atoms with van der Waals surface area (Å²) in [6.45, 7) is 7.23. The maximum absolute atomic E-state index is 14.0. The molecule has 1 fully saturated rings. The van der Waals surface area contributed by atoms with Crippen LogP contribution < -0.4 is 15.4 Å². The molecule has 8 nitrogen and oxygen atoms in total. The second-order valence-electron chi connectivity index (χ2n) is 6.70. The third-order valence-corrected chi connectivity index (χ3v) is 4.63. The van der Waals surface area contributed by atoms with Crippen molar-refractivity contribution in [2.75, 3.05) is 66.6 Å². The van der Waals surface area contributed by atoms with E-state index in [0.717, 1.165) is 37.7 Å². The van der Waals surface area contributed by atoms with E-state index in [1.54, 1.807) is 20.2 Å². The topological polar surface area (TPSA) is 78.4 Å². The highest BCUT2D eigenvalue weighted by Gasteiger charge is 2.21. The fraction of sp³-hybridized carbons (Fsp3) is 0.600. The maximum Gasteiger partial charge on any atom is 0.234 e. The summed E-state index contributed by atoms with van der Waals surface area (Å²) in [6.07, 6.45) is 0. The van der Waals surface area contributed by atoms with E-state index in [2.05, 4.69) is 25.4 Å². The molecule has 1 aromatic carbocycles. The van der Waals surface area contributed by atoms with Crippen molar-refractivity contribution >= 4 is 11.9 Å². The van der Waals surface area contributed by atoms with Crippen molar-refractivity contribution in [3.8, 4) is 5.75 Å². The number of amides is 1. The van der Waals surface area contributed by atoms with E-state index in [4.69, 9.17) is 9.47 Å². The van der Waals surface area contributed by atoms with Gasteiger partial charge in [0.25, 0.3) is 0 Å². The molecule has 162 valence electrons. The quantitative estimate of drug-likeness (QED) is 0.355. The van der Waals surface area contributed by atoms with Gasteiger partial charge in [-0.3, -0.25) is 14.7 Å². The zero-order chi connectivity index (χ0) is 21.1. The average molecular weight is 410 g/mol. The van der Waals surface area contributed by atoms with Gasteiger partial charge in [-0.2, -0.15) is 0 Å². The van der Waals surface area contributed by atoms with E-state index in [-0.39, 0.29) is 17.5 Å². The molecule has 0 unspecified atom stereocenters. The first kappa shape index (κ1) is 22.9. The highest BCUT2D eigenvalue weighted by molar-refractivity contribution is 5.80. The van der Waals surface area contributed by atoms with Gasteiger partial charge < -0.3 is 25.0 Å². The molecule has 1 aliphatic rings. The Morgan fingerprint density at radius 3 is 2.62 bits per heavy atom. The lowest BCUT2D eigenvalue weighted by Crippen LogP contribution is -2.54. The number of hydrogen-bond acceptors (Lipinski definition) is 5. The summed E-state index contributed by atoms with van der Waals surface area (Å²) >= 11 is 0. The van der Waals surface area contributed by atoms with Gasteiger partial charge in [-0.25, -0.2) is 4.39 Å². The third-order valence-electron chi connectivity index (χ3n) is 4.63. The summed E-state index contributed by atoms with van der Waals surface area (Å²) < 4.78 is 24.2. The molecule has 2 N–H and O–H groups in total. The number of halogens is 1. The first-order chi connectivity index (χ1) is 14.1. The zero-order valence-corrected chi connectivity index (χ0v) is 17.5. The summed E-state index contributed by atoms with van der Waals surface area (Å²) in [5.74, 6) is 0.681. The minimum atomic E-state index is -0.362. The van der Waals surface area contributed by atoms with Crippen LogP contribution in [0.4, 0.5) is 4.39 Å². The molecule has 1 amide bonds. The molecule has 0 spiro atoms. The Morgan fingerprint density at radius 2 is 2.00 bits per heavy atom. The smallest absolute Gasteiger partial charge is 0.234 e. The van der Waals surface area contributed by atoms with Gasteiger partial charge in [0.05, 0.1) is 19.8 Å². The van der Waals surface area contributed by atoms with Gasteiger partial charge in [0.2, 0.25) is 5.91 Å². The largest absolute Gasteiger partial charge is 0.491 e. The normalized spacial score (nSPS) is 15.3. The van der Waals surface area contributed by atoms with Crippen LogP contribution in [-0.2, 0) is 16.1 Å². The lowest BCUT2D eigenvalue weighted by molar-refractivity contribution is -0.122. The van der Waals surface area contributed by atoms with Crippen LogP contribution in [0.15, 0.2) is 23.2 Å². The van der Waals surface area contributed by atoms with E-state index in [1.165, 1.54) is 6.07 Å². The standard InChI is InChI=1S/C20H32FN5O3/c1-4-29-18-6-5-16(13-17(18)21)14-24-20(22-2)26-10-8-25(9-11-26)15-19(27)23-7-12-28-3/h5-6,13H,4,7-12,14-15H2,1-3H3,(H,22,24)(H,23,27). The summed E-state index contributed by atoms with van der Waals surface area (Å²) in [5, 5.41) is 6.12. The van der Waals surface area contributed by atoms with Gasteiger partial charge in [0.15, 0.2) is 17.5 Å². The second kappa shape index (κ2) is 12.2. The fourth-order valence-electron chi connectivity index (χ4n) is 3.11. The molecule has 9 heteroatoms. The summed E-state index contributed by atoms with van der Waals surface area (Å²) in [6, 6.07) is 4.97. The number of piperazine rings is 1. The van der Waals surface area contributed by atoms with Crippen LogP contribution in [0, 0.1) is 5.82 Å². The molecule has 1 saturated heterocycles. The molecule has 0 aromatic heterocycles. The highest BCUT2D eigenvalue weighted by Crippen LogP contribution is 2.18. The summed E-state index contributed by atoms with van der Waals surface area (Å²) in [5.41, 5.74) is 0.818. The minimum Gasteiger partial charge on any atom is -0.491 e. The first-order valence-electron chi connectivity index (χ1n) is 9.92. The number of hydrogen-bond donors (Lipinski definition) is 2.